The van der Waals surface area contributed by atoms with E-state index in [0.717, 1.165) is 37.3 Å². The molecular formula is C15H17N3O2S. The third-order valence-electron chi connectivity index (χ3n) is 3.71. The normalized spacial score (nSPS) is 14.7. The Morgan fingerprint density at radius 2 is 2.33 bits per heavy atom. The SMILES string of the molecule is COc1ccc(CN2CCc3cnc(=S)[nH]c3C2)cc1O. The van der Waals surface area contributed by atoms with Gasteiger partial charge in [-0.2, -0.15) is 0 Å². The van der Waals surface area contributed by atoms with Crippen LogP contribution in [0.5, 0.6) is 11.5 Å². The van der Waals surface area contributed by atoms with E-state index in [9.17, 15) is 5.11 Å². The van der Waals surface area contributed by atoms with Gasteiger partial charge in [-0.1, -0.05) is 6.07 Å². The summed E-state index contributed by atoms with van der Waals surface area (Å²) in [5, 5.41) is 9.84. The van der Waals surface area contributed by atoms with Crippen LogP contribution in [0.4, 0.5) is 0 Å². The summed E-state index contributed by atoms with van der Waals surface area (Å²) < 4.78 is 5.59. The number of nitrogens with zero attached hydrogens (tertiary/aromatic N) is 2. The number of methoxy groups -OCH3 is 1. The van der Waals surface area contributed by atoms with Crippen molar-refractivity contribution in [1.82, 2.24) is 14.9 Å². The number of aromatic nitrogens is 2. The average molecular weight is 303 g/mol. The highest BCUT2D eigenvalue weighted by Crippen LogP contribution is 2.27. The number of nitrogens with one attached hydrogen (secondary N) is 1. The minimum Gasteiger partial charge on any atom is -0.504 e. The molecule has 1 aliphatic rings. The number of hydrogen-bond donors (Lipinski definition) is 2. The van der Waals surface area contributed by atoms with Crippen molar-refractivity contribution in [2.24, 2.45) is 0 Å². The van der Waals surface area contributed by atoms with Crippen LogP contribution in [0.1, 0.15) is 16.8 Å². The van der Waals surface area contributed by atoms with Gasteiger partial charge in [0.15, 0.2) is 16.3 Å². The van der Waals surface area contributed by atoms with E-state index >= 15 is 0 Å². The second-order valence-corrected chi connectivity index (χ2v) is 5.55. The van der Waals surface area contributed by atoms with E-state index in [4.69, 9.17) is 17.0 Å². The van der Waals surface area contributed by atoms with Gasteiger partial charge in [0, 0.05) is 31.5 Å². The number of fused-ring (bicyclic) bond motifs is 1. The first kappa shape index (κ1) is 14.0. The highest BCUT2D eigenvalue weighted by atomic mass is 32.1. The second kappa shape index (κ2) is 5.83. The number of benzene rings is 1. The molecule has 0 atom stereocenters. The zero-order chi connectivity index (χ0) is 14.8. The molecule has 2 N–H and O–H groups in total. The first-order valence-electron chi connectivity index (χ1n) is 6.81. The predicted molar refractivity (Wildman–Crippen MR) is 81.9 cm³/mol. The highest BCUT2D eigenvalue weighted by molar-refractivity contribution is 7.71. The Bertz CT molecular complexity index is 714. The largest absolute Gasteiger partial charge is 0.504 e. The van der Waals surface area contributed by atoms with Crippen molar-refractivity contribution in [3.05, 3.63) is 46.0 Å². The molecule has 110 valence electrons. The zero-order valence-electron chi connectivity index (χ0n) is 11.8. The zero-order valence-corrected chi connectivity index (χ0v) is 12.6. The quantitative estimate of drug-likeness (QED) is 0.853. The summed E-state index contributed by atoms with van der Waals surface area (Å²) in [5.74, 6) is 0.675. The minimum atomic E-state index is 0.177. The molecule has 0 saturated heterocycles. The van der Waals surface area contributed by atoms with E-state index < -0.39 is 0 Å². The monoisotopic (exact) mass is 303 g/mol. The lowest BCUT2D eigenvalue weighted by Crippen LogP contribution is -2.31. The molecule has 2 heterocycles. The fourth-order valence-electron chi connectivity index (χ4n) is 2.62. The van der Waals surface area contributed by atoms with Crippen LogP contribution in [-0.4, -0.2) is 33.6 Å². The molecule has 0 bridgehead atoms. The van der Waals surface area contributed by atoms with Gasteiger partial charge in [-0.25, -0.2) is 4.98 Å². The second-order valence-electron chi connectivity index (χ2n) is 5.16. The number of rotatable bonds is 3. The molecular weight excluding hydrogens is 286 g/mol. The average Bonchev–Trinajstić information content (AvgIpc) is 2.47. The Labute approximate surface area is 128 Å². The number of hydrogen-bond acceptors (Lipinski definition) is 5. The molecule has 0 unspecified atom stereocenters. The van der Waals surface area contributed by atoms with E-state index in [1.165, 1.54) is 5.56 Å². The van der Waals surface area contributed by atoms with Crippen LogP contribution in [0.15, 0.2) is 24.4 Å². The molecule has 1 aromatic heterocycles. The van der Waals surface area contributed by atoms with E-state index in [-0.39, 0.29) is 5.75 Å². The van der Waals surface area contributed by atoms with Gasteiger partial charge in [0.2, 0.25) is 0 Å². The van der Waals surface area contributed by atoms with Gasteiger partial charge in [0.05, 0.1) is 7.11 Å². The first-order valence-corrected chi connectivity index (χ1v) is 7.22. The van der Waals surface area contributed by atoms with Crippen molar-refractivity contribution in [3.63, 3.8) is 0 Å². The van der Waals surface area contributed by atoms with E-state index in [0.29, 0.717) is 10.5 Å². The molecule has 0 spiro atoms. The molecule has 6 heteroatoms. The molecule has 0 radical (unpaired) electrons. The molecule has 21 heavy (non-hydrogen) atoms. The fraction of sp³-hybridized carbons (Fsp3) is 0.333. The van der Waals surface area contributed by atoms with Crippen LogP contribution in [0, 0.1) is 4.77 Å². The van der Waals surface area contributed by atoms with E-state index in [1.807, 2.05) is 12.3 Å². The Morgan fingerprint density at radius 1 is 1.48 bits per heavy atom. The fourth-order valence-corrected chi connectivity index (χ4v) is 2.80. The van der Waals surface area contributed by atoms with Crippen LogP contribution in [0.2, 0.25) is 0 Å². The van der Waals surface area contributed by atoms with Crippen molar-refractivity contribution in [2.75, 3.05) is 13.7 Å². The number of phenols is 1. The molecule has 0 fully saturated rings. The van der Waals surface area contributed by atoms with Crippen LogP contribution in [-0.2, 0) is 19.5 Å². The summed E-state index contributed by atoms with van der Waals surface area (Å²) in [6.07, 6.45) is 2.82. The predicted octanol–water partition coefficient (Wildman–Crippen LogP) is 2.41. The topological polar surface area (TPSA) is 61.4 Å². The lowest BCUT2D eigenvalue weighted by Gasteiger charge is -2.28. The van der Waals surface area contributed by atoms with Gasteiger partial charge < -0.3 is 14.8 Å². The van der Waals surface area contributed by atoms with Gasteiger partial charge in [-0.05, 0) is 41.9 Å². The third-order valence-corrected chi connectivity index (χ3v) is 3.92. The first-order chi connectivity index (χ1) is 10.2. The Morgan fingerprint density at radius 3 is 3.10 bits per heavy atom. The van der Waals surface area contributed by atoms with Crippen molar-refractivity contribution >= 4 is 12.2 Å². The molecule has 1 aliphatic heterocycles. The van der Waals surface area contributed by atoms with Crippen LogP contribution < -0.4 is 4.74 Å². The lowest BCUT2D eigenvalue weighted by atomic mass is 10.1. The Kier molecular flexibility index (Phi) is 3.90. The van der Waals surface area contributed by atoms with E-state index in [2.05, 4.69) is 14.9 Å². The van der Waals surface area contributed by atoms with Crippen LogP contribution >= 0.6 is 12.2 Å². The van der Waals surface area contributed by atoms with Gasteiger partial charge in [-0.3, -0.25) is 4.90 Å². The van der Waals surface area contributed by atoms with Crippen molar-refractivity contribution in [3.8, 4) is 11.5 Å². The van der Waals surface area contributed by atoms with Gasteiger partial charge in [0.1, 0.15) is 0 Å². The number of H-pyrrole nitrogens is 1. The minimum absolute atomic E-state index is 0.177. The van der Waals surface area contributed by atoms with Gasteiger partial charge in [-0.15, -0.1) is 0 Å². The number of aromatic hydroxyl groups is 1. The molecule has 1 aromatic carbocycles. The Balaban J connectivity index is 1.75. The molecule has 0 amide bonds. The van der Waals surface area contributed by atoms with Crippen molar-refractivity contribution in [2.45, 2.75) is 19.5 Å². The molecule has 3 rings (SSSR count). The third kappa shape index (κ3) is 3.06. The smallest absolute Gasteiger partial charge is 0.196 e. The maximum atomic E-state index is 9.84. The summed E-state index contributed by atoms with van der Waals surface area (Å²) in [6, 6.07) is 5.52. The summed E-state index contributed by atoms with van der Waals surface area (Å²) in [4.78, 5) is 9.61. The van der Waals surface area contributed by atoms with Gasteiger partial charge >= 0.3 is 0 Å². The number of phenolic OH excluding ortho intramolecular Hbond substituents is 1. The van der Waals surface area contributed by atoms with Crippen LogP contribution in [0.3, 0.4) is 0 Å². The number of ether oxygens (including phenoxy) is 1. The molecule has 0 aliphatic carbocycles. The summed E-state index contributed by atoms with van der Waals surface area (Å²) >= 11 is 5.08. The lowest BCUT2D eigenvalue weighted by molar-refractivity contribution is 0.240. The molecule has 2 aromatic rings. The molecule has 0 saturated carbocycles. The highest BCUT2D eigenvalue weighted by Gasteiger charge is 2.17. The number of aromatic amines is 1. The van der Waals surface area contributed by atoms with Crippen molar-refractivity contribution < 1.29 is 9.84 Å². The van der Waals surface area contributed by atoms with E-state index in [1.54, 1.807) is 19.2 Å². The molecule has 5 nitrogen and oxygen atoms in total. The van der Waals surface area contributed by atoms with Crippen molar-refractivity contribution in [1.29, 1.82) is 0 Å². The summed E-state index contributed by atoms with van der Waals surface area (Å²) in [5.41, 5.74) is 3.43. The van der Waals surface area contributed by atoms with Gasteiger partial charge in [0.25, 0.3) is 0 Å². The van der Waals surface area contributed by atoms with Crippen LogP contribution in [0.25, 0.3) is 0 Å². The maximum Gasteiger partial charge on any atom is 0.196 e. The Hall–Kier alpha value is -1.92. The summed E-state index contributed by atoms with van der Waals surface area (Å²) in [7, 11) is 1.55. The standard InChI is InChI=1S/C15H17N3O2S/c1-20-14-3-2-10(6-13(14)19)8-18-5-4-11-7-16-15(21)17-12(11)9-18/h2-3,6-7,19H,4-5,8-9H2,1H3,(H,16,17,21). The maximum absolute atomic E-state index is 9.84. The summed E-state index contributed by atoms with van der Waals surface area (Å²) in [6.45, 7) is 2.56.